The van der Waals surface area contributed by atoms with Crippen molar-refractivity contribution in [2.45, 2.75) is 31.0 Å². The van der Waals surface area contributed by atoms with Crippen molar-refractivity contribution in [1.29, 1.82) is 0 Å². The van der Waals surface area contributed by atoms with Crippen LogP contribution in [-0.2, 0) is 12.6 Å². The minimum absolute atomic E-state index is 0.353. The maximum absolute atomic E-state index is 12.7. The molecule has 0 spiro atoms. The molecule has 0 saturated heterocycles. The average Bonchev–Trinajstić information content (AvgIpc) is 2.44. The van der Waals surface area contributed by atoms with Crippen molar-refractivity contribution < 1.29 is 13.2 Å². The molecular formula is C17H16F3N. The number of hydrogen-bond acceptors (Lipinski definition) is 1. The monoisotopic (exact) mass is 291 g/mol. The van der Waals surface area contributed by atoms with Crippen LogP contribution >= 0.6 is 0 Å². The third kappa shape index (κ3) is 2.81. The fraction of sp³-hybridized carbons (Fsp3) is 0.294. The first kappa shape index (κ1) is 14.1. The average molecular weight is 291 g/mol. The van der Waals surface area contributed by atoms with Crippen molar-refractivity contribution in [1.82, 2.24) is 0 Å². The van der Waals surface area contributed by atoms with Crippen LogP contribution < -0.4 is 5.73 Å². The minimum Gasteiger partial charge on any atom is -0.324 e. The molecule has 21 heavy (non-hydrogen) atoms. The maximum atomic E-state index is 12.7. The zero-order valence-electron chi connectivity index (χ0n) is 11.4. The molecule has 1 aliphatic rings. The number of halogens is 3. The summed E-state index contributed by atoms with van der Waals surface area (Å²) in [5, 5.41) is 0. The molecule has 0 heterocycles. The van der Waals surface area contributed by atoms with Gasteiger partial charge in [-0.15, -0.1) is 0 Å². The molecule has 0 aliphatic heterocycles. The first-order chi connectivity index (χ1) is 9.95. The Morgan fingerprint density at radius 2 is 1.86 bits per heavy atom. The van der Waals surface area contributed by atoms with Crippen LogP contribution in [0.3, 0.4) is 0 Å². The molecule has 2 aromatic rings. The summed E-state index contributed by atoms with van der Waals surface area (Å²) >= 11 is 0. The summed E-state index contributed by atoms with van der Waals surface area (Å²) in [6.45, 7) is 0. The first-order valence-corrected chi connectivity index (χ1v) is 6.95. The molecule has 0 bridgehead atoms. The zero-order valence-corrected chi connectivity index (χ0v) is 11.4. The second-order valence-corrected chi connectivity index (χ2v) is 5.57. The highest BCUT2D eigenvalue weighted by Gasteiger charge is 2.32. The molecule has 0 saturated carbocycles. The number of rotatable bonds is 3. The van der Waals surface area contributed by atoms with Crippen LogP contribution in [0.1, 0.15) is 40.6 Å². The molecule has 2 aromatic carbocycles. The van der Waals surface area contributed by atoms with Gasteiger partial charge >= 0.3 is 6.18 Å². The third-order valence-electron chi connectivity index (χ3n) is 4.14. The molecular weight excluding hydrogens is 275 g/mol. The number of nitrogens with two attached hydrogens (primary N) is 1. The van der Waals surface area contributed by atoms with Crippen molar-refractivity contribution in [2.24, 2.45) is 5.73 Å². The Bertz CT molecular complexity index is 648. The molecule has 2 atom stereocenters. The van der Waals surface area contributed by atoms with Gasteiger partial charge in [0.05, 0.1) is 5.56 Å². The summed E-state index contributed by atoms with van der Waals surface area (Å²) in [4.78, 5) is 0. The number of fused-ring (bicyclic) bond motifs is 1. The normalized spacial score (nSPS) is 18.8. The van der Waals surface area contributed by atoms with Gasteiger partial charge in [-0.1, -0.05) is 36.4 Å². The van der Waals surface area contributed by atoms with E-state index in [1.165, 1.54) is 17.2 Å². The zero-order chi connectivity index (χ0) is 15.0. The van der Waals surface area contributed by atoms with Gasteiger partial charge in [0.1, 0.15) is 0 Å². The summed E-state index contributed by atoms with van der Waals surface area (Å²) in [7, 11) is 0. The van der Waals surface area contributed by atoms with E-state index in [-0.39, 0.29) is 6.04 Å². The van der Waals surface area contributed by atoms with Crippen molar-refractivity contribution in [3.63, 3.8) is 0 Å². The number of benzene rings is 2. The van der Waals surface area contributed by atoms with Crippen molar-refractivity contribution in [2.75, 3.05) is 0 Å². The first-order valence-electron chi connectivity index (χ1n) is 6.95. The topological polar surface area (TPSA) is 26.0 Å². The van der Waals surface area contributed by atoms with Crippen LogP contribution in [0.25, 0.3) is 0 Å². The van der Waals surface area contributed by atoms with Gasteiger partial charge in [-0.05, 0) is 47.6 Å². The number of alkyl halides is 3. The van der Waals surface area contributed by atoms with E-state index in [9.17, 15) is 13.2 Å². The second kappa shape index (κ2) is 5.19. The van der Waals surface area contributed by atoms with Crippen LogP contribution in [0.2, 0.25) is 0 Å². The van der Waals surface area contributed by atoms with E-state index in [1.54, 1.807) is 6.07 Å². The molecule has 4 heteroatoms. The van der Waals surface area contributed by atoms with Gasteiger partial charge in [-0.2, -0.15) is 13.2 Å². The Balaban J connectivity index is 1.74. The van der Waals surface area contributed by atoms with Crippen molar-refractivity contribution >= 4 is 0 Å². The van der Waals surface area contributed by atoms with E-state index < -0.39 is 11.7 Å². The van der Waals surface area contributed by atoms with Gasteiger partial charge in [0.15, 0.2) is 0 Å². The lowest BCUT2D eigenvalue weighted by atomic mass is 9.74. The summed E-state index contributed by atoms with van der Waals surface area (Å²) < 4.78 is 38.2. The molecule has 110 valence electrons. The Kier molecular flexibility index (Phi) is 3.49. The Hall–Kier alpha value is -1.81. The molecule has 1 nitrogen and oxygen atoms in total. The fourth-order valence-electron chi connectivity index (χ4n) is 2.96. The minimum atomic E-state index is -4.32. The van der Waals surface area contributed by atoms with Crippen LogP contribution in [0.4, 0.5) is 13.2 Å². The summed E-state index contributed by atoms with van der Waals surface area (Å²) in [5.41, 5.74) is 8.62. The predicted octanol–water partition coefficient (Wildman–Crippen LogP) is 4.44. The van der Waals surface area contributed by atoms with Crippen LogP contribution in [0.5, 0.6) is 0 Å². The maximum Gasteiger partial charge on any atom is 0.416 e. The highest BCUT2D eigenvalue weighted by atomic mass is 19.4. The van der Waals surface area contributed by atoms with E-state index in [2.05, 4.69) is 12.1 Å². The fourth-order valence-corrected chi connectivity index (χ4v) is 2.96. The van der Waals surface area contributed by atoms with Crippen LogP contribution in [-0.4, -0.2) is 0 Å². The molecule has 0 amide bonds. The largest absolute Gasteiger partial charge is 0.416 e. The summed E-state index contributed by atoms with van der Waals surface area (Å²) in [6.07, 6.45) is -2.68. The van der Waals surface area contributed by atoms with E-state index >= 15 is 0 Å². The standard InChI is InChI=1S/C17H16F3N/c18-17(19,20)14-6-3-5-12(9-14)16(21)10-13-8-11-4-1-2-7-15(11)13/h1-7,9,13,16H,8,10,21H2. The Morgan fingerprint density at radius 1 is 1.10 bits per heavy atom. The lowest BCUT2D eigenvalue weighted by molar-refractivity contribution is -0.137. The SMILES string of the molecule is NC(CC1Cc2ccccc21)c1cccc(C(F)(F)F)c1. The lowest BCUT2D eigenvalue weighted by Crippen LogP contribution is -2.23. The number of hydrogen-bond donors (Lipinski definition) is 1. The van der Waals surface area contributed by atoms with Gasteiger partial charge in [-0.25, -0.2) is 0 Å². The third-order valence-corrected chi connectivity index (χ3v) is 4.14. The van der Waals surface area contributed by atoms with Crippen molar-refractivity contribution in [3.8, 4) is 0 Å². The second-order valence-electron chi connectivity index (χ2n) is 5.57. The highest BCUT2D eigenvalue weighted by molar-refractivity contribution is 5.40. The molecule has 2 unspecified atom stereocenters. The van der Waals surface area contributed by atoms with E-state index in [4.69, 9.17) is 5.73 Å². The van der Waals surface area contributed by atoms with Crippen molar-refractivity contribution in [3.05, 3.63) is 70.8 Å². The highest BCUT2D eigenvalue weighted by Crippen LogP contribution is 2.40. The molecule has 0 aromatic heterocycles. The van der Waals surface area contributed by atoms with E-state index in [0.717, 1.165) is 18.6 Å². The quantitative estimate of drug-likeness (QED) is 0.889. The molecule has 0 radical (unpaired) electrons. The molecule has 3 rings (SSSR count). The smallest absolute Gasteiger partial charge is 0.324 e. The lowest BCUT2D eigenvalue weighted by Gasteiger charge is -2.32. The van der Waals surface area contributed by atoms with E-state index in [0.29, 0.717) is 17.9 Å². The Labute approximate surface area is 121 Å². The van der Waals surface area contributed by atoms with Crippen LogP contribution in [0.15, 0.2) is 48.5 Å². The van der Waals surface area contributed by atoms with Gasteiger partial charge in [0.2, 0.25) is 0 Å². The summed E-state index contributed by atoms with van der Waals surface area (Å²) in [6, 6.07) is 13.1. The summed E-state index contributed by atoms with van der Waals surface area (Å²) in [5.74, 6) is 0.353. The van der Waals surface area contributed by atoms with Gasteiger partial charge < -0.3 is 5.73 Å². The molecule has 2 N–H and O–H groups in total. The molecule has 0 fully saturated rings. The molecule has 1 aliphatic carbocycles. The van der Waals surface area contributed by atoms with E-state index in [1.807, 2.05) is 12.1 Å². The van der Waals surface area contributed by atoms with Gasteiger partial charge in [0.25, 0.3) is 0 Å². The van der Waals surface area contributed by atoms with Gasteiger partial charge in [-0.3, -0.25) is 0 Å². The van der Waals surface area contributed by atoms with Gasteiger partial charge in [0, 0.05) is 6.04 Å². The van der Waals surface area contributed by atoms with Crippen LogP contribution in [0, 0.1) is 0 Å². The Morgan fingerprint density at radius 3 is 2.57 bits per heavy atom. The predicted molar refractivity (Wildman–Crippen MR) is 75.9 cm³/mol.